The summed E-state index contributed by atoms with van der Waals surface area (Å²) in [7, 11) is 3.21. The minimum atomic E-state index is 0.438. The predicted molar refractivity (Wildman–Crippen MR) is 87.9 cm³/mol. The van der Waals surface area contributed by atoms with Gasteiger partial charge in [0.25, 0.3) is 0 Å². The van der Waals surface area contributed by atoms with E-state index in [0.717, 1.165) is 17.0 Å². The number of aromatic amines is 1. The molecule has 2 aromatic carbocycles. The maximum Gasteiger partial charge on any atom is 0.203 e. The van der Waals surface area contributed by atoms with E-state index in [1.165, 1.54) is 0 Å². The van der Waals surface area contributed by atoms with Crippen molar-refractivity contribution in [2.45, 2.75) is 6.61 Å². The summed E-state index contributed by atoms with van der Waals surface area (Å²) in [5, 5.41) is 0. The van der Waals surface area contributed by atoms with Gasteiger partial charge in [-0.1, -0.05) is 30.3 Å². The van der Waals surface area contributed by atoms with Gasteiger partial charge in [-0.05, 0) is 17.7 Å². The van der Waals surface area contributed by atoms with E-state index in [1.54, 1.807) is 26.6 Å². The molecule has 0 radical (unpaired) electrons. The Morgan fingerprint density at radius 2 is 1.70 bits per heavy atom. The van der Waals surface area contributed by atoms with Crippen molar-refractivity contribution < 1.29 is 14.2 Å². The summed E-state index contributed by atoms with van der Waals surface area (Å²) in [6.45, 7) is 0.438. The van der Waals surface area contributed by atoms with Gasteiger partial charge in [-0.25, -0.2) is 4.98 Å². The van der Waals surface area contributed by atoms with E-state index in [1.807, 2.05) is 42.5 Å². The standard InChI is InChI=1S/C18H18N2O3/c1-21-15-10-14(18-19-8-9-20-18)11-16(22-2)17(15)23-12-13-6-4-3-5-7-13/h3-11H,12H2,1-2H3,(H,19,20). The second-order valence-corrected chi connectivity index (χ2v) is 4.92. The van der Waals surface area contributed by atoms with E-state index >= 15 is 0 Å². The molecule has 0 saturated carbocycles. The molecule has 5 heteroatoms. The number of benzene rings is 2. The molecule has 0 spiro atoms. The van der Waals surface area contributed by atoms with Crippen molar-refractivity contribution >= 4 is 0 Å². The van der Waals surface area contributed by atoms with Crippen LogP contribution in [-0.2, 0) is 6.61 Å². The number of ether oxygens (including phenoxy) is 3. The molecule has 1 N–H and O–H groups in total. The first-order chi connectivity index (χ1) is 11.3. The van der Waals surface area contributed by atoms with Crippen molar-refractivity contribution in [2.24, 2.45) is 0 Å². The summed E-state index contributed by atoms with van der Waals surface area (Å²) in [5.74, 6) is 2.53. The third-order valence-corrected chi connectivity index (χ3v) is 3.46. The molecule has 0 fully saturated rings. The Balaban J connectivity index is 1.92. The maximum absolute atomic E-state index is 5.93. The van der Waals surface area contributed by atoms with E-state index in [9.17, 15) is 0 Å². The highest BCUT2D eigenvalue weighted by Gasteiger charge is 2.16. The van der Waals surface area contributed by atoms with Crippen LogP contribution in [0, 0.1) is 0 Å². The number of nitrogens with one attached hydrogen (secondary N) is 1. The lowest BCUT2D eigenvalue weighted by molar-refractivity contribution is 0.266. The van der Waals surface area contributed by atoms with Crippen LogP contribution < -0.4 is 14.2 Å². The maximum atomic E-state index is 5.93. The summed E-state index contributed by atoms with van der Waals surface area (Å²) in [6, 6.07) is 13.7. The smallest absolute Gasteiger partial charge is 0.203 e. The fourth-order valence-corrected chi connectivity index (χ4v) is 2.31. The van der Waals surface area contributed by atoms with Crippen LogP contribution in [0.4, 0.5) is 0 Å². The van der Waals surface area contributed by atoms with Gasteiger partial charge in [0.2, 0.25) is 5.75 Å². The van der Waals surface area contributed by atoms with E-state index in [0.29, 0.717) is 23.9 Å². The lowest BCUT2D eigenvalue weighted by Crippen LogP contribution is -2.00. The molecule has 0 aliphatic heterocycles. The van der Waals surface area contributed by atoms with E-state index in [-0.39, 0.29) is 0 Å². The van der Waals surface area contributed by atoms with Crippen LogP contribution in [-0.4, -0.2) is 24.2 Å². The molecule has 0 atom stereocenters. The van der Waals surface area contributed by atoms with E-state index in [4.69, 9.17) is 14.2 Å². The predicted octanol–water partition coefficient (Wildman–Crippen LogP) is 3.67. The molecule has 3 rings (SSSR count). The molecule has 0 unspecified atom stereocenters. The minimum Gasteiger partial charge on any atom is -0.493 e. The van der Waals surface area contributed by atoms with Crippen molar-refractivity contribution in [3.8, 4) is 28.6 Å². The third-order valence-electron chi connectivity index (χ3n) is 3.46. The largest absolute Gasteiger partial charge is 0.493 e. The number of nitrogens with zero attached hydrogens (tertiary/aromatic N) is 1. The minimum absolute atomic E-state index is 0.438. The highest BCUT2D eigenvalue weighted by Crippen LogP contribution is 2.41. The number of rotatable bonds is 6. The fourth-order valence-electron chi connectivity index (χ4n) is 2.31. The summed E-state index contributed by atoms with van der Waals surface area (Å²) in [4.78, 5) is 7.32. The first-order valence-corrected chi connectivity index (χ1v) is 7.24. The Bertz CT molecular complexity index is 730. The fraction of sp³-hybridized carbons (Fsp3) is 0.167. The van der Waals surface area contributed by atoms with Crippen molar-refractivity contribution in [3.05, 3.63) is 60.4 Å². The lowest BCUT2D eigenvalue weighted by Gasteiger charge is -2.15. The van der Waals surface area contributed by atoms with Crippen LogP contribution in [0.5, 0.6) is 17.2 Å². The van der Waals surface area contributed by atoms with Crippen LogP contribution in [0.15, 0.2) is 54.9 Å². The first kappa shape index (κ1) is 15.0. The van der Waals surface area contributed by atoms with Gasteiger partial charge in [0.1, 0.15) is 12.4 Å². The second-order valence-electron chi connectivity index (χ2n) is 4.92. The molecule has 0 aliphatic rings. The quantitative estimate of drug-likeness (QED) is 0.754. The molecule has 118 valence electrons. The zero-order valence-corrected chi connectivity index (χ0v) is 13.1. The van der Waals surface area contributed by atoms with Crippen LogP contribution >= 0.6 is 0 Å². The van der Waals surface area contributed by atoms with Crippen molar-refractivity contribution in [3.63, 3.8) is 0 Å². The average Bonchev–Trinajstić information content (AvgIpc) is 3.14. The van der Waals surface area contributed by atoms with Gasteiger partial charge >= 0.3 is 0 Å². The van der Waals surface area contributed by atoms with Crippen molar-refractivity contribution in [2.75, 3.05) is 14.2 Å². The highest BCUT2D eigenvalue weighted by molar-refractivity contribution is 5.66. The van der Waals surface area contributed by atoms with Crippen molar-refractivity contribution in [1.82, 2.24) is 9.97 Å². The molecular formula is C18H18N2O3. The molecule has 1 heterocycles. The molecule has 23 heavy (non-hydrogen) atoms. The Morgan fingerprint density at radius 3 is 2.26 bits per heavy atom. The SMILES string of the molecule is COc1cc(-c2ncc[nH]2)cc(OC)c1OCc1ccccc1. The Hall–Kier alpha value is -2.95. The van der Waals surface area contributed by atoms with Crippen LogP contribution in [0.3, 0.4) is 0 Å². The molecule has 0 aliphatic carbocycles. The Morgan fingerprint density at radius 1 is 1.00 bits per heavy atom. The summed E-state index contributed by atoms with van der Waals surface area (Å²) in [6.07, 6.45) is 3.47. The van der Waals surface area contributed by atoms with Gasteiger partial charge in [0.15, 0.2) is 11.5 Å². The zero-order chi connectivity index (χ0) is 16.1. The van der Waals surface area contributed by atoms with Gasteiger partial charge in [-0.15, -0.1) is 0 Å². The number of methoxy groups -OCH3 is 2. The molecule has 0 bridgehead atoms. The summed E-state index contributed by atoms with van der Waals surface area (Å²) >= 11 is 0. The van der Waals surface area contributed by atoms with Crippen molar-refractivity contribution in [1.29, 1.82) is 0 Å². The summed E-state index contributed by atoms with van der Waals surface area (Å²) < 4.78 is 16.9. The van der Waals surface area contributed by atoms with Gasteiger partial charge < -0.3 is 19.2 Å². The monoisotopic (exact) mass is 310 g/mol. The van der Waals surface area contributed by atoms with Gasteiger partial charge in [-0.2, -0.15) is 0 Å². The topological polar surface area (TPSA) is 56.4 Å². The number of hydrogen-bond acceptors (Lipinski definition) is 4. The highest BCUT2D eigenvalue weighted by atomic mass is 16.5. The van der Waals surface area contributed by atoms with Gasteiger partial charge in [-0.3, -0.25) is 0 Å². The normalized spacial score (nSPS) is 10.3. The molecule has 1 aromatic heterocycles. The van der Waals surface area contributed by atoms with E-state index < -0.39 is 0 Å². The van der Waals surface area contributed by atoms with Crippen LogP contribution in [0.25, 0.3) is 11.4 Å². The third kappa shape index (κ3) is 3.29. The number of hydrogen-bond donors (Lipinski definition) is 1. The van der Waals surface area contributed by atoms with Crippen LogP contribution in [0.2, 0.25) is 0 Å². The second kappa shape index (κ2) is 6.87. The summed E-state index contributed by atoms with van der Waals surface area (Å²) in [5.41, 5.74) is 1.95. The molecule has 0 saturated heterocycles. The van der Waals surface area contributed by atoms with Gasteiger partial charge in [0.05, 0.1) is 14.2 Å². The molecule has 3 aromatic rings. The Kier molecular flexibility index (Phi) is 4.47. The zero-order valence-electron chi connectivity index (χ0n) is 13.1. The molecule has 0 amide bonds. The van der Waals surface area contributed by atoms with Gasteiger partial charge in [0, 0.05) is 18.0 Å². The number of H-pyrrole nitrogens is 1. The lowest BCUT2D eigenvalue weighted by atomic mass is 10.1. The average molecular weight is 310 g/mol. The molecular weight excluding hydrogens is 292 g/mol. The van der Waals surface area contributed by atoms with E-state index in [2.05, 4.69) is 9.97 Å². The van der Waals surface area contributed by atoms with Crippen LogP contribution in [0.1, 0.15) is 5.56 Å². The number of imidazole rings is 1. The Labute approximate surface area is 134 Å². The number of aromatic nitrogens is 2. The molecule has 5 nitrogen and oxygen atoms in total. The first-order valence-electron chi connectivity index (χ1n) is 7.24.